The van der Waals surface area contributed by atoms with Crippen LogP contribution in [0.1, 0.15) is 51.4 Å². The van der Waals surface area contributed by atoms with Crippen molar-refractivity contribution in [3.8, 4) is 5.75 Å². The van der Waals surface area contributed by atoms with Gasteiger partial charge >= 0.3 is 0 Å². The Morgan fingerprint density at radius 3 is 2.18 bits per heavy atom. The minimum atomic E-state index is -0.465. The molecule has 2 aliphatic rings. The summed E-state index contributed by atoms with van der Waals surface area (Å²) in [6.07, 6.45) is 9.18. The summed E-state index contributed by atoms with van der Waals surface area (Å²) in [6, 6.07) is 5.24. The molecular formula is C31H50FN7O6. The third kappa shape index (κ3) is 12.8. The van der Waals surface area contributed by atoms with Crippen LogP contribution < -0.4 is 20.7 Å². The SMILES string of the molecule is COc1ccc(Nc2nc(NCC3CCCN3COCCOCCOCCOCCO)nc(NC3CCCCCC3)n2)cc1F. The Bertz CT molecular complexity index is 1110. The van der Waals surface area contributed by atoms with E-state index in [2.05, 4.69) is 30.8 Å². The lowest BCUT2D eigenvalue weighted by molar-refractivity contribution is -0.0261. The van der Waals surface area contributed by atoms with E-state index >= 15 is 0 Å². The Hall–Kier alpha value is -2.88. The number of methoxy groups -OCH3 is 1. The fourth-order valence-corrected chi connectivity index (χ4v) is 5.47. The zero-order valence-electron chi connectivity index (χ0n) is 26.5. The van der Waals surface area contributed by atoms with Gasteiger partial charge in [0.15, 0.2) is 11.6 Å². The average molecular weight is 636 g/mol. The Kier molecular flexibility index (Phi) is 15.8. The fourth-order valence-electron chi connectivity index (χ4n) is 5.47. The number of ether oxygens (including phenoxy) is 5. The maximum absolute atomic E-state index is 14.3. The smallest absolute Gasteiger partial charge is 0.233 e. The number of aromatic nitrogens is 3. The second-order valence-corrected chi connectivity index (χ2v) is 11.2. The molecular weight excluding hydrogens is 585 g/mol. The van der Waals surface area contributed by atoms with E-state index < -0.39 is 5.82 Å². The van der Waals surface area contributed by atoms with Gasteiger partial charge in [0.2, 0.25) is 17.8 Å². The van der Waals surface area contributed by atoms with E-state index in [0.29, 0.717) is 89.1 Å². The highest BCUT2D eigenvalue weighted by atomic mass is 19.1. The summed E-state index contributed by atoms with van der Waals surface area (Å²) < 4.78 is 41.4. The summed E-state index contributed by atoms with van der Waals surface area (Å²) in [7, 11) is 1.44. The van der Waals surface area contributed by atoms with Gasteiger partial charge in [-0.3, -0.25) is 4.90 Å². The fraction of sp³-hybridized carbons (Fsp3) is 0.710. The number of likely N-dealkylation sites (tertiary alicyclic amines) is 1. The third-order valence-corrected chi connectivity index (χ3v) is 7.84. The topological polar surface area (TPSA) is 144 Å². The van der Waals surface area contributed by atoms with Gasteiger partial charge in [-0.1, -0.05) is 25.7 Å². The Morgan fingerprint density at radius 1 is 0.822 bits per heavy atom. The molecule has 1 aromatic heterocycles. The van der Waals surface area contributed by atoms with Crippen LogP contribution in [0.4, 0.5) is 27.9 Å². The number of hydrogen-bond acceptors (Lipinski definition) is 13. The molecule has 1 aliphatic heterocycles. The van der Waals surface area contributed by atoms with Crippen LogP contribution in [-0.2, 0) is 18.9 Å². The van der Waals surface area contributed by atoms with Gasteiger partial charge in [-0.2, -0.15) is 15.0 Å². The molecule has 2 fully saturated rings. The van der Waals surface area contributed by atoms with E-state index in [1.807, 2.05) is 0 Å². The number of anilines is 4. The molecule has 0 spiro atoms. The molecule has 45 heavy (non-hydrogen) atoms. The normalized spacial score (nSPS) is 17.7. The lowest BCUT2D eigenvalue weighted by atomic mass is 10.1. The minimum absolute atomic E-state index is 0.0184. The highest BCUT2D eigenvalue weighted by Crippen LogP contribution is 2.25. The molecule has 1 aliphatic carbocycles. The summed E-state index contributed by atoms with van der Waals surface area (Å²) in [5.74, 6) is 1.01. The molecule has 252 valence electrons. The van der Waals surface area contributed by atoms with E-state index in [1.54, 1.807) is 12.1 Å². The second-order valence-electron chi connectivity index (χ2n) is 11.2. The first-order valence-electron chi connectivity index (χ1n) is 16.2. The van der Waals surface area contributed by atoms with Crippen LogP contribution in [0.3, 0.4) is 0 Å². The largest absolute Gasteiger partial charge is 0.494 e. The number of aliphatic hydroxyl groups is 1. The van der Waals surface area contributed by atoms with E-state index in [9.17, 15) is 4.39 Å². The van der Waals surface area contributed by atoms with E-state index in [-0.39, 0.29) is 18.4 Å². The molecule has 4 N–H and O–H groups in total. The van der Waals surface area contributed by atoms with Crippen molar-refractivity contribution in [1.82, 2.24) is 19.9 Å². The zero-order valence-corrected chi connectivity index (χ0v) is 26.5. The molecule has 0 radical (unpaired) electrons. The lowest BCUT2D eigenvalue weighted by Gasteiger charge is -2.24. The van der Waals surface area contributed by atoms with Crippen molar-refractivity contribution in [3.63, 3.8) is 0 Å². The molecule has 4 rings (SSSR count). The summed E-state index contributed by atoms with van der Waals surface area (Å²) >= 11 is 0. The van der Waals surface area contributed by atoms with Crippen LogP contribution in [0.2, 0.25) is 0 Å². The summed E-state index contributed by atoms with van der Waals surface area (Å²) in [5.41, 5.74) is 0.519. The van der Waals surface area contributed by atoms with Crippen molar-refractivity contribution in [2.45, 2.75) is 63.5 Å². The molecule has 1 aromatic carbocycles. The van der Waals surface area contributed by atoms with Crippen molar-refractivity contribution in [1.29, 1.82) is 0 Å². The van der Waals surface area contributed by atoms with Crippen molar-refractivity contribution in [2.75, 3.05) is 95.7 Å². The highest BCUT2D eigenvalue weighted by Gasteiger charge is 2.25. The lowest BCUT2D eigenvalue weighted by Crippen LogP contribution is -2.37. The molecule has 14 heteroatoms. The maximum atomic E-state index is 14.3. The first-order valence-corrected chi connectivity index (χ1v) is 16.2. The van der Waals surface area contributed by atoms with Crippen molar-refractivity contribution in [2.24, 2.45) is 0 Å². The molecule has 0 amide bonds. The molecule has 1 saturated carbocycles. The van der Waals surface area contributed by atoms with Crippen molar-refractivity contribution >= 4 is 23.5 Å². The van der Waals surface area contributed by atoms with Gasteiger partial charge in [-0.05, 0) is 37.8 Å². The van der Waals surface area contributed by atoms with Gasteiger partial charge in [-0.25, -0.2) is 4.39 Å². The summed E-state index contributed by atoms with van der Waals surface area (Å²) in [6.45, 7) is 5.41. The molecule has 1 unspecified atom stereocenters. The summed E-state index contributed by atoms with van der Waals surface area (Å²) in [5, 5.41) is 18.7. The number of hydrogen-bond donors (Lipinski definition) is 4. The second kappa shape index (κ2) is 20.3. The Balaban J connectivity index is 1.25. The number of nitrogens with one attached hydrogen (secondary N) is 3. The number of nitrogens with zero attached hydrogens (tertiary/aromatic N) is 4. The van der Waals surface area contributed by atoms with Gasteiger partial charge in [0.1, 0.15) is 0 Å². The zero-order chi connectivity index (χ0) is 31.5. The van der Waals surface area contributed by atoms with Crippen LogP contribution in [0.15, 0.2) is 18.2 Å². The monoisotopic (exact) mass is 635 g/mol. The molecule has 0 bridgehead atoms. The van der Waals surface area contributed by atoms with Gasteiger partial charge in [0, 0.05) is 36.9 Å². The first kappa shape index (κ1) is 35.0. The van der Waals surface area contributed by atoms with Gasteiger partial charge < -0.3 is 44.7 Å². The molecule has 2 heterocycles. The van der Waals surface area contributed by atoms with Crippen LogP contribution in [0.25, 0.3) is 0 Å². The quantitative estimate of drug-likeness (QED) is 0.117. The highest BCUT2D eigenvalue weighted by molar-refractivity contribution is 5.57. The predicted molar refractivity (Wildman–Crippen MR) is 170 cm³/mol. The van der Waals surface area contributed by atoms with Gasteiger partial charge in [0.05, 0.1) is 66.7 Å². The van der Waals surface area contributed by atoms with E-state index in [4.69, 9.17) is 33.8 Å². The number of benzene rings is 1. The summed E-state index contributed by atoms with van der Waals surface area (Å²) in [4.78, 5) is 16.2. The van der Waals surface area contributed by atoms with E-state index in [0.717, 1.165) is 32.2 Å². The van der Waals surface area contributed by atoms with Crippen LogP contribution >= 0.6 is 0 Å². The number of rotatable bonds is 21. The van der Waals surface area contributed by atoms with E-state index in [1.165, 1.54) is 38.9 Å². The number of halogens is 1. The Labute approximate surface area is 265 Å². The Morgan fingerprint density at radius 2 is 1.49 bits per heavy atom. The van der Waals surface area contributed by atoms with Crippen LogP contribution in [0.5, 0.6) is 5.75 Å². The standard InChI is InChI=1S/C31H50FN7O6/c1-41-28-11-10-25(21-27(28)32)35-31-37-29(36-30(38-31)34-24-7-4-2-3-5-8-24)33-22-26-9-6-12-39(26)23-45-20-19-44-18-17-43-16-15-42-14-13-40/h10-11,21,24,26,40H,2-9,12-20,22-23H2,1H3,(H3,33,34,35,36,37,38). The first-order chi connectivity index (χ1) is 22.1. The minimum Gasteiger partial charge on any atom is -0.494 e. The van der Waals surface area contributed by atoms with Gasteiger partial charge in [0.25, 0.3) is 0 Å². The van der Waals surface area contributed by atoms with Crippen LogP contribution in [-0.4, -0.2) is 117 Å². The maximum Gasteiger partial charge on any atom is 0.233 e. The average Bonchev–Trinajstić information content (AvgIpc) is 3.33. The third-order valence-electron chi connectivity index (χ3n) is 7.84. The number of aliphatic hydroxyl groups excluding tert-OH is 1. The van der Waals surface area contributed by atoms with Gasteiger partial charge in [-0.15, -0.1) is 0 Å². The molecule has 1 saturated heterocycles. The molecule has 1 atom stereocenters. The van der Waals surface area contributed by atoms with Crippen LogP contribution in [0, 0.1) is 5.82 Å². The predicted octanol–water partition coefficient (Wildman–Crippen LogP) is 3.79. The van der Waals surface area contributed by atoms with Crippen molar-refractivity contribution < 1.29 is 33.2 Å². The van der Waals surface area contributed by atoms with Crippen molar-refractivity contribution in [3.05, 3.63) is 24.0 Å². The molecule has 13 nitrogen and oxygen atoms in total. The molecule has 2 aromatic rings.